The molecule has 0 aliphatic rings. The summed E-state index contributed by atoms with van der Waals surface area (Å²) in [6.07, 6.45) is 0. The van der Waals surface area contributed by atoms with Crippen molar-refractivity contribution in [3.63, 3.8) is 0 Å². The summed E-state index contributed by atoms with van der Waals surface area (Å²) in [6, 6.07) is 10.9. The van der Waals surface area contributed by atoms with Crippen LogP contribution in [0.3, 0.4) is 0 Å². The van der Waals surface area contributed by atoms with E-state index in [1.54, 1.807) is 23.6 Å². The van der Waals surface area contributed by atoms with E-state index in [1.807, 2.05) is 32.0 Å². The van der Waals surface area contributed by atoms with E-state index in [-0.39, 0.29) is 11.7 Å². The van der Waals surface area contributed by atoms with Crippen molar-refractivity contribution in [1.29, 1.82) is 0 Å². The van der Waals surface area contributed by atoms with Gasteiger partial charge < -0.3 is 5.32 Å². The van der Waals surface area contributed by atoms with Gasteiger partial charge in [0.05, 0.1) is 21.5 Å². The van der Waals surface area contributed by atoms with Crippen molar-refractivity contribution in [3.8, 4) is 11.3 Å². The number of nitrogens with zero attached hydrogens (tertiary/aromatic N) is 1. The summed E-state index contributed by atoms with van der Waals surface area (Å²) in [4.78, 5) is 17.3. The second-order valence-electron chi connectivity index (χ2n) is 5.97. The van der Waals surface area contributed by atoms with E-state index in [0.29, 0.717) is 25.8 Å². The van der Waals surface area contributed by atoms with E-state index in [0.717, 1.165) is 16.7 Å². The number of hydrogen-bond donors (Lipinski definition) is 1. The van der Waals surface area contributed by atoms with Crippen LogP contribution in [0.15, 0.2) is 46.7 Å². The summed E-state index contributed by atoms with van der Waals surface area (Å²) >= 11 is 13.4. The molecule has 8 heteroatoms. The van der Waals surface area contributed by atoms with Gasteiger partial charge in [0.15, 0.2) is 5.13 Å². The van der Waals surface area contributed by atoms with E-state index in [2.05, 4.69) is 10.3 Å². The number of aromatic nitrogens is 1. The third-order valence-corrected chi connectivity index (χ3v) is 6.57. The fraction of sp³-hybridized carbons (Fsp3) is 0.158. The van der Waals surface area contributed by atoms with Crippen molar-refractivity contribution in [2.75, 3.05) is 11.1 Å². The number of thiazole rings is 1. The quantitative estimate of drug-likeness (QED) is 0.573. The molecule has 1 heterocycles. The van der Waals surface area contributed by atoms with Crippen LogP contribution in [0, 0.1) is 13.8 Å². The first-order valence-electron chi connectivity index (χ1n) is 8.00. The van der Waals surface area contributed by atoms with E-state index >= 15 is 0 Å². The zero-order valence-corrected chi connectivity index (χ0v) is 17.7. The molecule has 1 amide bonds. The van der Waals surface area contributed by atoms with Crippen molar-refractivity contribution < 1.29 is 9.00 Å². The number of carbonyl (C=O) groups excluding carboxylic acids is 1. The van der Waals surface area contributed by atoms with E-state index in [9.17, 15) is 9.00 Å². The maximum atomic E-state index is 12.5. The zero-order valence-electron chi connectivity index (χ0n) is 14.6. The van der Waals surface area contributed by atoms with E-state index in [1.165, 1.54) is 11.3 Å². The molecular formula is C19H16Cl2N2O2S2. The third kappa shape index (κ3) is 4.96. The fourth-order valence-electron chi connectivity index (χ4n) is 2.46. The average Bonchev–Trinajstić information content (AvgIpc) is 3.04. The normalized spacial score (nSPS) is 12.0. The van der Waals surface area contributed by atoms with Crippen molar-refractivity contribution in [3.05, 3.63) is 63.0 Å². The summed E-state index contributed by atoms with van der Waals surface area (Å²) < 4.78 is 12.5. The molecule has 0 bridgehead atoms. The minimum atomic E-state index is -1.42. The summed E-state index contributed by atoms with van der Waals surface area (Å²) in [6.45, 7) is 3.81. The summed E-state index contributed by atoms with van der Waals surface area (Å²) in [5.41, 5.74) is 3.29. The highest BCUT2D eigenvalue weighted by Gasteiger charge is 2.15. The zero-order chi connectivity index (χ0) is 19.6. The molecule has 0 saturated carbocycles. The Morgan fingerprint density at radius 2 is 1.96 bits per heavy atom. The largest absolute Gasteiger partial charge is 0.301 e. The first kappa shape index (κ1) is 20.0. The molecule has 27 heavy (non-hydrogen) atoms. The van der Waals surface area contributed by atoms with Crippen LogP contribution in [0.4, 0.5) is 5.13 Å². The molecule has 3 rings (SSSR count). The minimum Gasteiger partial charge on any atom is -0.301 e. The van der Waals surface area contributed by atoms with Gasteiger partial charge in [-0.25, -0.2) is 4.98 Å². The Hall–Kier alpha value is -1.73. The first-order valence-corrected chi connectivity index (χ1v) is 11.0. The number of aryl methyl sites for hydroxylation is 2. The number of benzene rings is 2. The lowest BCUT2D eigenvalue weighted by molar-refractivity contribution is -0.113. The number of rotatable bonds is 5. The maximum Gasteiger partial charge on any atom is 0.239 e. The predicted molar refractivity (Wildman–Crippen MR) is 113 cm³/mol. The maximum absolute atomic E-state index is 12.5. The Labute approximate surface area is 174 Å². The van der Waals surface area contributed by atoms with Gasteiger partial charge in [-0.05, 0) is 49.2 Å². The lowest BCUT2D eigenvalue weighted by atomic mass is 10.2. The van der Waals surface area contributed by atoms with Gasteiger partial charge in [0, 0.05) is 20.9 Å². The Kier molecular flexibility index (Phi) is 6.32. The van der Waals surface area contributed by atoms with E-state index in [4.69, 9.17) is 23.2 Å². The molecular weight excluding hydrogens is 423 g/mol. The highest BCUT2D eigenvalue weighted by molar-refractivity contribution is 7.85. The molecule has 2 aromatic carbocycles. The van der Waals surface area contributed by atoms with Gasteiger partial charge >= 0.3 is 0 Å². The van der Waals surface area contributed by atoms with Crippen LogP contribution in [0.1, 0.15) is 11.1 Å². The van der Waals surface area contributed by atoms with Crippen molar-refractivity contribution >= 4 is 56.4 Å². The minimum absolute atomic E-state index is 0.124. The summed E-state index contributed by atoms with van der Waals surface area (Å²) in [5, 5.41) is 5.96. The summed E-state index contributed by atoms with van der Waals surface area (Å²) in [5.74, 6) is -0.474. The van der Waals surface area contributed by atoms with Crippen LogP contribution in [0.25, 0.3) is 11.3 Å². The van der Waals surface area contributed by atoms with Crippen LogP contribution in [-0.2, 0) is 15.6 Å². The number of amides is 1. The number of nitrogens with one attached hydrogen (secondary N) is 1. The molecule has 0 radical (unpaired) electrons. The van der Waals surface area contributed by atoms with Gasteiger partial charge in [-0.3, -0.25) is 9.00 Å². The van der Waals surface area contributed by atoms with Gasteiger partial charge in [-0.1, -0.05) is 35.3 Å². The molecule has 1 atom stereocenters. The molecule has 0 aliphatic heterocycles. The van der Waals surface area contributed by atoms with Gasteiger partial charge in [0.2, 0.25) is 5.91 Å². The number of carbonyl (C=O) groups is 1. The molecule has 0 unspecified atom stereocenters. The number of halogens is 2. The monoisotopic (exact) mass is 438 g/mol. The molecule has 1 aromatic heterocycles. The average molecular weight is 439 g/mol. The Morgan fingerprint density at radius 3 is 2.70 bits per heavy atom. The topological polar surface area (TPSA) is 59.1 Å². The SMILES string of the molecule is Cc1ccc(C)c([S@](=O)CC(=O)Nc2nc(-c3ccc(Cl)cc3Cl)cs2)c1. The fourth-order valence-corrected chi connectivity index (χ4v) is 4.90. The molecule has 4 nitrogen and oxygen atoms in total. The van der Waals surface area contributed by atoms with E-state index < -0.39 is 10.8 Å². The lowest BCUT2D eigenvalue weighted by Gasteiger charge is -2.07. The van der Waals surface area contributed by atoms with Crippen molar-refractivity contribution in [2.45, 2.75) is 18.7 Å². The lowest BCUT2D eigenvalue weighted by Crippen LogP contribution is -2.19. The van der Waals surface area contributed by atoms with Gasteiger partial charge in [-0.2, -0.15) is 0 Å². The third-order valence-electron chi connectivity index (χ3n) is 3.81. The van der Waals surface area contributed by atoms with Crippen LogP contribution >= 0.6 is 34.5 Å². The Bertz CT molecular complexity index is 1030. The Morgan fingerprint density at radius 1 is 1.19 bits per heavy atom. The number of hydrogen-bond acceptors (Lipinski definition) is 4. The summed E-state index contributed by atoms with van der Waals surface area (Å²) in [7, 11) is -1.42. The number of anilines is 1. The molecule has 3 aromatic rings. The molecule has 0 fully saturated rings. The second-order valence-corrected chi connectivity index (χ2v) is 9.09. The van der Waals surface area contributed by atoms with Crippen molar-refractivity contribution in [2.24, 2.45) is 0 Å². The first-order chi connectivity index (χ1) is 12.8. The van der Waals surface area contributed by atoms with Crippen LogP contribution in [-0.4, -0.2) is 20.9 Å². The van der Waals surface area contributed by atoms with Gasteiger partial charge in [0.1, 0.15) is 5.75 Å². The molecule has 1 N–H and O–H groups in total. The highest BCUT2D eigenvalue weighted by Crippen LogP contribution is 2.32. The van der Waals surface area contributed by atoms with Crippen LogP contribution in [0.2, 0.25) is 10.0 Å². The molecule has 140 valence electrons. The molecule has 0 saturated heterocycles. The van der Waals surface area contributed by atoms with Crippen LogP contribution in [0.5, 0.6) is 0 Å². The predicted octanol–water partition coefficient (Wildman–Crippen LogP) is 5.48. The smallest absolute Gasteiger partial charge is 0.239 e. The van der Waals surface area contributed by atoms with Gasteiger partial charge in [0.25, 0.3) is 0 Å². The standard InChI is InChI=1S/C19H16Cl2N2O2S2/c1-11-3-4-12(2)17(7-11)27(25)10-18(24)23-19-22-16(9-26-19)14-6-5-13(20)8-15(14)21/h3-9H,10H2,1-2H3,(H,22,23,24)/t27-/m1/s1. The molecule has 0 aliphatic carbocycles. The second kappa shape index (κ2) is 8.52. The van der Waals surface area contributed by atoms with Crippen LogP contribution < -0.4 is 5.32 Å². The highest BCUT2D eigenvalue weighted by atomic mass is 35.5. The van der Waals surface area contributed by atoms with Gasteiger partial charge in [-0.15, -0.1) is 11.3 Å². The Balaban J connectivity index is 1.69. The molecule has 0 spiro atoms. The van der Waals surface area contributed by atoms with Crippen molar-refractivity contribution in [1.82, 2.24) is 4.98 Å².